The summed E-state index contributed by atoms with van der Waals surface area (Å²) in [5, 5.41) is 0. The minimum atomic E-state index is -0.484. The van der Waals surface area contributed by atoms with E-state index >= 15 is 0 Å². The molecule has 4 nitrogen and oxygen atoms in total. The molecular formula is C24H40O4. The van der Waals surface area contributed by atoms with Crippen molar-refractivity contribution in [2.75, 3.05) is 13.2 Å². The first kappa shape index (κ1) is 26.2. The second kappa shape index (κ2) is 21.5. The van der Waals surface area contributed by atoms with Crippen molar-refractivity contribution in [1.29, 1.82) is 0 Å². The molecule has 4 heteroatoms. The fraction of sp³-hybridized carbons (Fsp3) is 0.667. The molecule has 28 heavy (non-hydrogen) atoms. The Bertz CT molecular complexity index is 400. The zero-order valence-corrected chi connectivity index (χ0v) is 17.7. The highest BCUT2D eigenvalue weighted by atomic mass is 16.5. The van der Waals surface area contributed by atoms with Gasteiger partial charge >= 0.3 is 11.9 Å². The van der Waals surface area contributed by atoms with Gasteiger partial charge in [0.25, 0.3) is 0 Å². The average Bonchev–Trinajstić information content (AvgIpc) is 2.69. The number of carbonyl (C=O) groups is 2. The van der Waals surface area contributed by atoms with E-state index in [2.05, 4.69) is 13.2 Å². The van der Waals surface area contributed by atoms with Crippen molar-refractivity contribution >= 4 is 11.9 Å². The number of hydrogen-bond donors (Lipinski definition) is 0. The third-order valence-electron chi connectivity index (χ3n) is 4.45. The Morgan fingerprint density at radius 2 is 0.857 bits per heavy atom. The molecule has 0 saturated heterocycles. The quantitative estimate of drug-likeness (QED) is 0.103. The first-order chi connectivity index (χ1) is 13.7. The van der Waals surface area contributed by atoms with Gasteiger partial charge in [0.2, 0.25) is 0 Å². The summed E-state index contributed by atoms with van der Waals surface area (Å²) in [5.41, 5.74) is 0. The molecule has 0 aliphatic rings. The van der Waals surface area contributed by atoms with Crippen LogP contribution < -0.4 is 0 Å². The van der Waals surface area contributed by atoms with Crippen LogP contribution in [-0.4, -0.2) is 25.2 Å². The van der Waals surface area contributed by atoms with Gasteiger partial charge in [0, 0.05) is 12.2 Å². The lowest BCUT2D eigenvalue weighted by Crippen LogP contribution is -2.06. The Labute approximate surface area is 172 Å². The number of carbonyl (C=O) groups excluding carboxylic acids is 2. The van der Waals surface area contributed by atoms with E-state index in [1.807, 2.05) is 12.2 Å². The van der Waals surface area contributed by atoms with Gasteiger partial charge in [-0.2, -0.15) is 0 Å². The lowest BCUT2D eigenvalue weighted by atomic mass is 10.1. The second-order valence-corrected chi connectivity index (χ2v) is 7.07. The molecule has 0 atom stereocenters. The number of hydrogen-bond acceptors (Lipinski definition) is 4. The number of allylic oxidation sites excluding steroid dienone is 2. The van der Waals surface area contributed by atoms with Gasteiger partial charge in [-0.1, -0.05) is 63.5 Å². The minimum Gasteiger partial charge on any atom is -0.463 e. The Morgan fingerprint density at radius 3 is 1.21 bits per heavy atom. The summed E-state index contributed by atoms with van der Waals surface area (Å²) in [4.78, 5) is 23.1. The lowest BCUT2D eigenvalue weighted by Gasteiger charge is -2.03. The van der Waals surface area contributed by atoms with Crippen LogP contribution in [0.25, 0.3) is 0 Å². The fourth-order valence-corrected chi connectivity index (χ4v) is 2.77. The molecule has 0 amide bonds. The van der Waals surface area contributed by atoms with Gasteiger partial charge in [-0.3, -0.25) is 0 Å². The van der Waals surface area contributed by atoms with Crippen molar-refractivity contribution in [3.8, 4) is 0 Å². The summed E-state index contributed by atoms with van der Waals surface area (Å²) in [7, 11) is 0. The van der Waals surface area contributed by atoms with Gasteiger partial charge in [-0.25, -0.2) is 9.59 Å². The predicted molar refractivity (Wildman–Crippen MR) is 116 cm³/mol. The monoisotopic (exact) mass is 392 g/mol. The molecule has 0 N–H and O–H groups in total. The van der Waals surface area contributed by atoms with Crippen LogP contribution in [0.2, 0.25) is 0 Å². The van der Waals surface area contributed by atoms with Gasteiger partial charge in [0.05, 0.1) is 13.2 Å². The first-order valence-corrected chi connectivity index (χ1v) is 10.9. The lowest BCUT2D eigenvalue weighted by molar-refractivity contribution is -0.140. The first-order valence-electron chi connectivity index (χ1n) is 10.9. The van der Waals surface area contributed by atoms with Crippen LogP contribution in [0.3, 0.4) is 0 Å². The highest BCUT2D eigenvalue weighted by Crippen LogP contribution is 2.08. The third-order valence-corrected chi connectivity index (χ3v) is 4.45. The molecular weight excluding hydrogens is 352 g/mol. The van der Waals surface area contributed by atoms with Gasteiger partial charge < -0.3 is 9.47 Å². The van der Waals surface area contributed by atoms with Crippen LogP contribution in [0.4, 0.5) is 0 Å². The van der Waals surface area contributed by atoms with Crippen LogP contribution in [-0.2, 0) is 19.1 Å². The molecule has 160 valence electrons. The molecule has 0 saturated carbocycles. The smallest absolute Gasteiger partial charge is 0.331 e. The molecule has 0 radical (unpaired) electrons. The summed E-state index contributed by atoms with van der Waals surface area (Å²) in [6, 6.07) is 0. The van der Waals surface area contributed by atoms with Crippen molar-refractivity contribution in [2.45, 2.75) is 89.9 Å². The Balaban J connectivity index is 3.45. The van der Waals surface area contributed by atoms with Crippen molar-refractivity contribution in [2.24, 2.45) is 0 Å². The van der Waals surface area contributed by atoms with E-state index in [1.165, 1.54) is 38.5 Å². The summed E-state index contributed by atoms with van der Waals surface area (Å²) in [6.45, 7) is 8.22. The molecule has 0 spiro atoms. The Morgan fingerprint density at radius 1 is 0.536 bits per heavy atom. The summed E-state index contributed by atoms with van der Waals surface area (Å²) >= 11 is 0. The molecule has 0 aromatic rings. The highest BCUT2D eigenvalue weighted by Gasteiger charge is 2.01. The Kier molecular flexibility index (Phi) is 20.0. The van der Waals surface area contributed by atoms with E-state index in [4.69, 9.17) is 9.47 Å². The standard InChI is InChI=1S/C24H40O4/c1-3-5-7-9-11-13-15-17-21-27-23(25)19-20-24(26)28-22-18-16-14-12-10-8-6-4-2/h3-4,19-20H,1-2,5-18,21-22H2/b20-19+. The van der Waals surface area contributed by atoms with Crippen LogP contribution in [0, 0.1) is 0 Å². The van der Waals surface area contributed by atoms with E-state index in [0.29, 0.717) is 13.2 Å². The molecule has 0 aromatic heterocycles. The van der Waals surface area contributed by atoms with Gasteiger partial charge in [-0.15, -0.1) is 13.2 Å². The zero-order chi connectivity index (χ0) is 20.7. The van der Waals surface area contributed by atoms with Crippen molar-refractivity contribution in [3.63, 3.8) is 0 Å². The predicted octanol–water partition coefficient (Wildman–Crippen LogP) is 6.46. The van der Waals surface area contributed by atoms with Crippen molar-refractivity contribution < 1.29 is 19.1 Å². The van der Waals surface area contributed by atoms with Crippen molar-refractivity contribution in [3.05, 3.63) is 37.5 Å². The average molecular weight is 393 g/mol. The fourth-order valence-electron chi connectivity index (χ4n) is 2.77. The topological polar surface area (TPSA) is 52.6 Å². The Hall–Kier alpha value is -1.84. The number of unbranched alkanes of at least 4 members (excludes halogenated alkanes) is 12. The highest BCUT2D eigenvalue weighted by molar-refractivity contribution is 5.91. The largest absolute Gasteiger partial charge is 0.463 e. The molecule has 0 unspecified atom stereocenters. The van der Waals surface area contributed by atoms with Crippen LogP contribution >= 0.6 is 0 Å². The second-order valence-electron chi connectivity index (χ2n) is 7.07. The maximum Gasteiger partial charge on any atom is 0.331 e. The maximum atomic E-state index is 11.5. The van der Waals surface area contributed by atoms with Crippen LogP contribution in [0.1, 0.15) is 89.9 Å². The molecule has 0 aliphatic heterocycles. The van der Waals surface area contributed by atoms with Gasteiger partial charge in [0.1, 0.15) is 0 Å². The van der Waals surface area contributed by atoms with E-state index in [1.54, 1.807) is 0 Å². The van der Waals surface area contributed by atoms with Gasteiger partial charge in [0.15, 0.2) is 0 Å². The van der Waals surface area contributed by atoms with E-state index in [0.717, 1.165) is 63.5 Å². The summed E-state index contributed by atoms with van der Waals surface area (Å²) in [5.74, 6) is -0.968. The number of ether oxygens (including phenoxy) is 2. The molecule has 0 aliphatic carbocycles. The third kappa shape index (κ3) is 20.5. The SMILES string of the molecule is C=CCCCCCCCCOC(=O)/C=C/C(=O)OCCCCCCCCC=C. The molecule has 0 aromatic carbocycles. The van der Waals surface area contributed by atoms with Crippen LogP contribution in [0.15, 0.2) is 37.5 Å². The maximum absolute atomic E-state index is 11.5. The van der Waals surface area contributed by atoms with Crippen LogP contribution in [0.5, 0.6) is 0 Å². The molecule has 0 rings (SSSR count). The zero-order valence-electron chi connectivity index (χ0n) is 17.7. The van der Waals surface area contributed by atoms with E-state index in [-0.39, 0.29) is 0 Å². The minimum absolute atomic E-state index is 0.400. The molecule has 0 fully saturated rings. The molecule has 0 bridgehead atoms. The normalized spacial score (nSPS) is 10.7. The van der Waals surface area contributed by atoms with Crippen molar-refractivity contribution in [1.82, 2.24) is 0 Å². The van der Waals surface area contributed by atoms with E-state index < -0.39 is 11.9 Å². The molecule has 0 heterocycles. The summed E-state index contributed by atoms with van der Waals surface area (Å²) in [6.07, 6.45) is 21.8. The number of esters is 2. The van der Waals surface area contributed by atoms with E-state index in [9.17, 15) is 9.59 Å². The number of rotatable bonds is 20. The van der Waals surface area contributed by atoms with Gasteiger partial charge in [-0.05, 0) is 38.5 Å². The summed E-state index contributed by atoms with van der Waals surface area (Å²) < 4.78 is 10.2.